The number of hydrogen-bond donors (Lipinski definition) is 4. The third-order valence-electron chi connectivity index (χ3n) is 6.94. The molecular weight excluding hydrogens is 597 g/mol. The Morgan fingerprint density at radius 2 is 1.93 bits per heavy atom. The van der Waals surface area contributed by atoms with Gasteiger partial charge in [0.15, 0.2) is 0 Å². The van der Waals surface area contributed by atoms with Crippen LogP contribution in [0.25, 0.3) is 0 Å². The van der Waals surface area contributed by atoms with Crippen LogP contribution in [0.15, 0.2) is 60.4 Å². The van der Waals surface area contributed by atoms with Crippen molar-refractivity contribution in [1.29, 1.82) is 0 Å². The van der Waals surface area contributed by atoms with Crippen molar-refractivity contribution in [2.24, 2.45) is 5.41 Å². The number of piperidine rings is 1. The molecule has 0 bridgehead atoms. The van der Waals surface area contributed by atoms with Gasteiger partial charge in [0.1, 0.15) is 12.9 Å². The van der Waals surface area contributed by atoms with Crippen LogP contribution in [0.1, 0.15) is 58.1 Å². The first-order chi connectivity index (χ1) is 19.9. The lowest BCUT2D eigenvalue weighted by molar-refractivity contribution is -0.155. The van der Waals surface area contributed by atoms with Crippen molar-refractivity contribution in [2.75, 3.05) is 24.2 Å². The summed E-state index contributed by atoms with van der Waals surface area (Å²) in [5.41, 5.74) is 8.40. The summed E-state index contributed by atoms with van der Waals surface area (Å²) in [5.74, 6) is 0.406. The zero-order valence-corrected chi connectivity index (χ0v) is 26.5. The molecule has 5 N–H and O–H groups in total. The first-order valence-corrected chi connectivity index (χ1v) is 15.3. The minimum absolute atomic E-state index is 0.0446. The predicted octanol–water partition coefficient (Wildman–Crippen LogP) is 7.10. The quantitative estimate of drug-likeness (QED) is 0.137. The molecule has 42 heavy (non-hydrogen) atoms. The molecule has 2 aromatic rings. The van der Waals surface area contributed by atoms with E-state index in [2.05, 4.69) is 15.4 Å². The van der Waals surface area contributed by atoms with Crippen LogP contribution in [-0.4, -0.2) is 29.3 Å². The fraction of sp³-hybridized carbons (Fsp3) is 0.400. The number of anilines is 2. The molecule has 0 aliphatic carbocycles. The van der Waals surface area contributed by atoms with Crippen molar-refractivity contribution < 1.29 is 19.1 Å². The molecule has 0 radical (unpaired) electrons. The Hall–Kier alpha value is -3.05. The molecule has 2 aromatic carbocycles. The van der Waals surface area contributed by atoms with Gasteiger partial charge < -0.3 is 30.7 Å². The maximum absolute atomic E-state index is 13.1. The van der Waals surface area contributed by atoms with E-state index in [4.69, 9.17) is 38.4 Å². The zero-order valence-electron chi connectivity index (χ0n) is 24.2. The smallest absolute Gasteiger partial charge is 0.311 e. The van der Waals surface area contributed by atoms with Gasteiger partial charge in [0, 0.05) is 24.7 Å². The maximum atomic E-state index is 13.1. The Balaban J connectivity index is 1.45. The van der Waals surface area contributed by atoms with Gasteiger partial charge in [-0.05, 0) is 76.3 Å². The number of carbonyl (C=O) groups is 2. The van der Waals surface area contributed by atoms with E-state index in [1.807, 2.05) is 30.2 Å². The van der Waals surface area contributed by atoms with E-state index in [1.165, 1.54) is 0 Å². The summed E-state index contributed by atoms with van der Waals surface area (Å²) in [6.07, 6.45) is 6.72. The molecule has 9 nitrogen and oxygen atoms in total. The van der Waals surface area contributed by atoms with Crippen molar-refractivity contribution in [3.8, 4) is 0 Å². The summed E-state index contributed by atoms with van der Waals surface area (Å²) in [4.78, 5) is 27.6. The van der Waals surface area contributed by atoms with Crippen molar-refractivity contribution in [2.45, 2.75) is 59.0 Å². The van der Waals surface area contributed by atoms with Gasteiger partial charge in [-0.2, -0.15) is 0 Å². The normalized spacial score (nSPS) is 18.2. The SMILES string of the molecule is CC(C)(C)C(=O)OCC(C)(NSC(=O)Nc1cccc(CN2C=CO/C2=C2/CCCCN2)c1N)c1ccc(Cl)c(Cl)c1. The first-order valence-electron chi connectivity index (χ1n) is 13.7. The average molecular weight is 635 g/mol. The molecule has 4 rings (SSSR count). The van der Waals surface area contributed by atoms with Gasteiger partial charge in [-0.3, -0.25) is 9.59 Å². The molecule has 1 unspecified atom stereocenters. The van der Waals surface area contributed by atoms with Crippen molar-refractivity contribution in [3.05, 3.63) is 81.6 Å². The highest BCUT2D eigenvalue weighted by Gasteiger charge is 2.33. The lowest BCUT2D eigenvalue weighted by Gasteiger charge is -2.31. The molecular formula is C30H37Cl2N5O4S. The predicted molar refractivity (Wildman–Crippen MR) is 169 cm³/mol. The fourth-order valence-electron chi connectivity index (χ4n) is 4.39. The number of halogens is 2. The van der Waals surface area contributed by atoms with E-state index in [0.29, 0.717) is 33.5 Å². The molecule has 226 valence electrons. The van der Waals surface area contributed by atoms with Crippen molar-refractivity contribution in [1.82, 2.24) is 14.9 Å². The lowest BCUT2D eigenvalue weighted by Crippen LogP contribution is -2.42. The average Bonchev–Trinajstić information content (AvgIpc) is 3.42. The molecule has 0 aromatic heterocycles. The first kappa shape index (κ1) is 31.9. The Kier molecular flexibility index (Phi) is 10.2. The van der Waals surface area contributed by atoms with E-state index in [-0.39, 0.29) is 12.6 Å². The monoisotopic (exact) mass is 633 g/mol. The lowest BCUT2D eigenvalue weighted by atomic mass is 9.93. The second kappa shape index (κ2) is 13.5. The number of esters is 1. The summed E-state index contributed by atoms with van der Waals surface area (Å²) in [6, 6.07) is 10.6. The fourth-order valence-corrected chi connectivity index (χ4v) is 5.34. The topological polar surface area (TPSA) is 118 Å². The number of nitrogens with one attached hydrogen (secondary N) is 3. The summed E-state index contributed by atoms with van der Waals surface area (Å²) in [7, 11) is 0. The zero-order chi connectivity index (χ0) is 30.5. The van der Waals surface area contributed by atoms with E-state index in [1.54, 1.807) is 51.3 Å². The molecule has 0 saturated carbocycles. The summed E-state index contributed by atoms with van der Waals surface area (Å²) in [5, 5.41) is 6.64. The molecule has 12 heteroatoms. The number of rotatable bonds is 8. The van der Waals surface area contributed by atoms with Crippen LogP contribution in [0.5, 0.6) is 0 Å². The molecule has 1 fully saturated rings. The number of para-hydroxylation sites is 1. The van der Waals surface area contributed by atoms with Crippen LogP contribution in [0.3, 0.4) is 0 Å². The van der Waals surface area contributed by atoms with Crippen LogP contribution in [0.2, 0.25) is 10.0 Å². The van der Waals surface area contributed by atoms with Crippen LogP contribution >= 0.6 is 35.1 Å². The van der Waals surface area contributed by atoms with Crippen LogP contribution in [0, 0.1) is 5.41 Å². The Bertz CT molecular complexity index is 1390. The third kappa shape index (κ3) is 7.86. The summed E-state index contributed by atoms with van der Waals surface area (Å²) >= 11 is 13.2. The van der Waals surface area contributed by atoms with Gasteiger partial charge in [0.25, 0.3) is 5.24 Å². The molecule has 1 saturated heterocycles. The standard InChI is InChI=1S/C30H37Cl2N5O4S/c1-29(2,3)27(38)41-18-30(4,20-11-12-21(31)22(32)16-20)36-42-28(39)35-23-10-7-8-19(25(23)33)17-37-14-15-40-26(37)24-9-5-6-13-34-24/h7-8,10-12,14-16,34,36H,5-6,9,13,17-18,33H2,1-4H3,(H,35,39)/b26-24-. The van der Waals surface area contributed by atoms with Crippen LogP contribution in [0.4, 0.5) is 16.2 Å². The van der Waals surface area contributed by atoms with Crippen molar-refractivity contribution >= 4 is 57.7 Å². The second-order valence-corrected chi connectivity index (χ2v) is 13.1. The van der Waals surface area contributed by atoms with E-state index < -0.39 is 16.2 Å². The van der Waals surface area contributed by atoms with Gasteiger partial charge in [0.2, 0.25) is 5.88 Å². The van der Waals surface area contributed by atoms with Gasteiger partial charge in [-0.15, -0.1) is 0 Å². The largest absolute Gasteiger partial charge is 0.463 e. The number of carbonyl (C=O) groups excluding carboxylic acids is 2. The molecule has 2 aliphatic rings. The number of nitrogen functional groups attached to an aromatic ring is 1. The molecule has 2 aliphatic heterocycles. The molecule has 1 amide bonds. The highest BCUT2D eigenvalue weighted by Crippen LogP contribution is 2.33. The Morgan fingerprint density at radius 3 is 2.62 bits per heavy atom. The van der Waals surface area contributed by atoms with Gasteiger partial charge >= 0.3 is 5.97 Å². The van der Waals surface area contributed by atoms with Crippen LogP contribution < -0.4 is 21.1 Å². The molecule has 0 spiro atoms. The minimum atomic E-state index is -0.969. The highest BCUT2D eigenvalue weighted by atomic mass is 35.5. The Labute approximate surface area is 261 Å². The highest BCUT2D eigenvalue weighted by molar-refractivity contribution is 8.12. The molecule has 1 atom stereocenters. The van der Waals surface area contributed by atoms with Crippen LogP contribution in [-0.2, 0) is 26.4 Å². The second-order valence-electron chi connectivity index (χ2n) is 11.5. The van der Waals surface area contributed by atoms with Gasteiger partial charge in [0.05, 0.1) is 44.6 Å². The summed E-state index contributed by atoms with van der Waals surface area (Å²) in [6.45, 7) is 8.50. The van der Waals surface area contributed by atoms with E-state index >= 15 is 0 Å². The van der Waals surface area contributed by atoms with Gasteiger partial charge in [-0.1, -0.05) is 41.4 Å². The third-order valence-corrected chi connectivity index (χ3v) is 8.51. The van der Waals surface area contributed by atoms with E-state index in [9.17, 15) is 9.59 Å². The number of nitrogens with zero attached hydrogens (tertiary/aromatic N) is 1. The Morgan fingerprint density at radius 1 is 1.14 bits per heavy atom. The number of ether oxygens (including phenoxy) is 2. The number of hydrogen-bond acceptors (Lipinski definition) is 9. The summed E-state index contributed by atoms with van der Waals surface area (Å²) < 4.78 is 14.6. The number of allylic oxidation sites excluding steroid dienone is 1. The number of amides is 1. The molecule has 2 heterocycles. The van der Waals surface area contributed by atoms with Crippen molar-refractivity contribution in [3.63, 3.8) is 0 Å². The van der Waals surface area contributed by atoms with Gasteiger partial charge in [-0.25, -0.2) is 4.72 Å². The number of benzene rings is 2. The maximum Gasteiger partial charge on any atom is 0.311 e. The number of nitrogens with two attached hydrogens (primary N) is 1. The minimum Gasteiger partial charge on any atom is -0.463 e. The van der Waals surface area contributed by atoms with E-state index in [0.717, 1.165) is 54.9 Å².